The van der Waals surface area contributed by atoms with E-state index >= 15 is 0 Å². The van der Waals surface area contributed by atoms with E-state index in [1.54, 1.807) is 10.7 Å². The van der Waals surface area contributed by atoms with Crippen molar-refractivity contribution < 1.29 is 4.79 Å². The third kappa shape index (κ3) is 6.11. The molecule has 2 aromatic carbocycles. The number of likely N-dealkylation sites (N-methyl/N-ethyl adjacent to an activating group) is 1. The van der Waals surface area contributed by atoms with Crippen LogP contribution in [0, 0.1) is 0 Å². The maximum Gasteiger partial charge on any atom is 0.251 e. The van der Waals surface area contributed by atoms with Crippen LogP contribution in [0.25, 0.3) is 5.65 Å². The molecule has 6 rings (SSSR count). The lowest BCUT2D eigenvalue weighted by Crippen LogP contribution is -2.48. The number of hydrogen-bond acceptors (Lipinski definition) is 9. The standard InChI is InChI=1S/C31H40N10O/c1-4-38(3)26-11-7-23(8-12-26)30(42)34-25-6-5-16-40(22-25)31-35-28(29-32-15-17-41(29)36-31)33-24-9-13-27(14-10-24)39-20-18-37(2)19-21-39/h7-15,17,25H,4-6,16,18-22H2,1-3H3,(H,34,42)(H,33,35,36). The van der Waals surface area contributed by atoms with Crippen LogP contribution in [0.3, 0.4) is 0 Å². The zero-order chi connectivity index (χ0) is 29.1. The summed E-state index contributed by atoms with van der Waals surface area (Å²) in [4.78, 5) is 31.5. The highest BCUT2D eigenvalue weighted by Gasteiger charge is 2.25. The van der Waals surface area contributed by atoms with E-state index in [4.69, 9.17) is 10.1 Å². The van der Waals surface area contributed by atoms with Crippen molar-refractivity contribution in [1.82, 2.24) is 29.8 Å². The summed E-state index contributed by atoms with van der Waals surface area (Å²) in [5.41, 5.74) is 4.61. The Morgan fingerprint density at radius 3 is 2.50 bits per heavy atom. The van der Waals surface area contributed by atoms with Gasteiger partial charge in [0, 0.05) is 93.9 Å². The second-order valence-corrected chi connectivity index (χ2v) is 11.2. The average Bonchev–Trinajstić information content (AvgIpc) is 3.51. The van der Waals surface area contributed by atoms with Crippen molar-refractivity contribution in [3.63, 3.8) is 0 Å². The fourth-order valence-corrected chi connectivity index (χ4v) is 5.59. The first kappa shape index (κ1) is 27.8. The van der Waals surface area contributed by atoms with Crippen LogP contribution < -0.4 is 25.3 Å². The largest absolute Gasteiger partial charge is 0.375 e. The summed E-state index contributed by atoms with van der Waals surface area (Å²) in [6, 6.07) is 16.3. The predicted octanol–water partition coefficient (Wildman–Crippen LogP) is 3.47. The van der Waals surface area contributed by atoms with Crippen molar-refractivity contribution in [2.24, 2.45) is 0 Å². The topological polar surface area (TPSA) is 97.2 Å². The Kier molecular flexibility index (Phi) is 8.09. The van der Waals surface area contributed by atoms with Gasteiger partial charge in [-0.25, -0.2) is 9.50 Å². The third-order valence-electron chi connectivity index (χ3n) is 8.33. The third-order valence-corrected chi connectivity index (χ3v) is 8.33. The number of rotatable bonds is 8. The van der Waals surface area contributed by atoms with Crippen LogP contribution >= 0.6 is 0 Å². The molecule has 0 radical (unpaired) electrons. The number of nitrogens with zero attached hydrogens (tertiary/aromatic N) is 8. The zero-order valence-electron chi connectivity index (χ0n) is 24.7. The monoisotopic (exact) mass is 568 g/mol. The van der Waals surface area contributed by atoms with Gasteiger partial charge in [0.05, 0.1) is 0 Å². The minimum atomic E-state index is -0.0547. The van der Waals surface area contributed by atoms with Gasteiger partial charge in [-0.3, -0.25) is 4.79 Å². The molecule has 11 nitrogen and oxygen atoms in total. The molecule has 220 valence electrons. The molecule has 4 heterocycles. The summed E-state index contributed by atoms with van der Waals surface area (Å²) in [5.74, 6) is 1.21. The van der Waals surface area contributed by atoms with Crippen molar-refractivity contribution in [3.05, 3.63) is 66.5 Å². The van der Waals surface area contributed by atoms with Crippen LogP contribution in [-0.2, 0) is 0 Å². The van der Waals surface area contributed by atoms with Gasteiger partial charge in [0.1, 0.15) is 0 Å². The van der Waals surface area contributed by atoms with E-state index in [0.717, 1.165) is 63.5 Å². The number of carbonyl (C=O) groups excluding carboxylic acids is 1. The highest BCUT2D eigenvalue weighted by Crippen LogP contribution is 2.25. The van der Waals surface area contributed by atoms with Crippen molar-refractivity contribution in [2.75, 3.05) is 79.9 Å². The fraction of sp³-hybridized carbons (Fsp3) is 0.419. The molecule has 0 bridgehead atoms. The number of piperazine rings is 1. The summed E-state index contributed by atoms with van der Waals surface area (Å²) in [7, 11) is 4.21. The van der Waals surface area contributed by atoms with Crippen LogP contribution in [0.1, 0.15) is 30.1 Å². The van der Waals surface area contributed by atoms with E-state index in [9.17, 15) is 4.79 Å². The number of amides is 1. The summed E-state index contributed by atoms with van der Waals surface area (Å²) >= 11 is 0. The lowest BCUT2D eigenvalue weighted by atomic mass is 10.1. The second-order valence-electron chi connectivity index (χ2n) is 11.2. The lowest BCUT2D eigenvalue weighted by molar-refractivity contribution is 0.0933. The number of hydrogen-bond donors (Lipinski definition) is 2. The van der Waals surface area contributed by atoms with Gasteiger partial charge in [-0.05, 0) is 75.3 Å². The quantitative estimate of drug-likeness (QED) is 0.331. The number of anilines is 5. The number of carbonyl (C=O) groups is 1. The maximum atomic E-state index is 13.0. The molecule has 2 N–H and O–H groups in total. The summed E-state index contributed by atoms with van der Waals surface area (Å²) in [5, 5.41) is 11.4. The molecule has 1 atom stereocenters. The van der Waals surface area contributed by atoms with Crippen LogP contribution in [0.4, 0.5) is 28.8 Å². The smallest absolute Gasteiger partial charge is 0.251 e. The SMILES string of the molecule is CCN(C)c1ccc(C(=O)NC2CCCN(c3nc(Nc4ccc(N5CCN(C)CC5)cc4)c4nccn4n3)C2)cc1. The molecular weight excluding hydrogens is 528 g/mol. The molecule has 11 heteroatoms. The molecule has 4 aromatic rings. The van der Waals surface area contributed by atoms with Crippen LogP contribution in [0.15, 0.2) is 60.9 Å². The molecule has 2 saturated heterocycles. The van der Waals surface area contributed by atoms with Gasteiger partial charge in [0.25, 0.3) is 5.91 Å². The highest BCUT2D eigenvalue weighted by atomic mass is 16.1. The van der Waals surface area contributed by atoms with Gasteiger partial charge in [0.15, 0.2) is 11.5 Å². The Labute approximate surface area is 247 Å². The molecule has 42 heavy (non-hydrogen) atoms. The van der Waals surface area contributed by atoms with Crippen molar-refractivity contribution in [2.45, 2.75) is 25.8 Å². The number of aromatic nitrogens is 4. The van der Waals surface area contributed by atoms with Gasteiger partial charge in [-0.15, -0.1) is 5.10 Å². The van der Waals surface area contributed by atoms with Gasteiger partial charge < -0.3 is 30.2 Å². The minimum absolute atomic E-state index is 0.00449. The second kappa shape index (κ2) is 12.2. The van der Waals surface area contributed by atoms with E-state index in [1.807, 2.05) is 37.5 Å². The summed E-state index contributed by atoms with van der Waals surface area (Å²) in [6.45, 7) is 8.71. The van der Waals surface area contributed by atoms with E-state index in [2.05, 4.69) is 73.5 Å². The number of benzene rings is 2. The van der Waals surface area contributed by atoms with E-state index in [1.165, 1.54) is 5.69 Å². The summed E-state index contributed by atoms with van der Waals surface area (Å²) in [6.07, 6.45) is 5.42. The minimum Gasteiger partial charge on any atom is -0.375 e. The molecule has 2 aromatic heterocycles. The van der Waals surface area contributed by atoms with Crippen LogP contribution in [-0.4, -0.2) is 96.3 Å². The molecule has 0 saturated carbocycles. The zero-order valence-corrected chi connectivity index (χ0v) is 24.7. The molecule has 1 amide bonds. The van der Waals surface area contributed by atoms with Gasteiger partial charge in [-0.2, -0.15) is 4.98 Å². The Morgan fingerprint density at radius 1 is 1.00 bits per heavy atom. The molecule has 0 spiro atoms. The van der Waals surface area contributed by atoms with Gasteiger partial charge in [-0.1, -0.05) is 0 Å². The van der Waals surface area contributed by atoms with Crippen molar-refractivity contribution in [1.29, 1.82) is 0 Å². The predicted molar refractivity (Wildman–Crippen MR) is 168 cm³/mol. The Bertz CT molecular complexity index is 1490. The Balaban J connectivity index is 1.14. The molecular formula is C31H40N10O. The van der Waals surface area contributed by atoms with Crippen molar-refractivity contribution >= 4 is 40.4 Å². The number of nitrogens with one attached hydrogen (secondary N) is 2. The Morgan fingerprint density at radius 2 is 1.76 bits per heavy atom. The maximum absolute atomic E-state index is 13.0. The summed E-state index contributed by atoms with van der Waals surface area (Å²) < 4.78 is 1.76. The van der Waals surface area contributed by atoms with E-state index in [-0.39, 0.29) is 11.9 Å². The first-order valence-corrected chi connectivity index (χ1v) is 14.9. The molecule has 0 aliphatic carbocycles. The Hall–Kier alpha value is -4.38. The normalized spacial score (nSPS) is 17.8. The van der Waals surface area contributed by atoms with E-state index < -0.39 is 0 Å². The number of piperidine rings is 1. The molecule has 1 unspecified atom stereocenters. The first-order chi connectivity index (χ1) is 20.5. The van der Waals surface area contributed by atoms with Gasteiger partial charge >= 0.3 is 0 Å². The highest BCUT2D eigenvalue weighted by molar-refractivity contribution is 5.94. The van der Waals surface area contributed by atoms with Crippen molar-refractivity contribution in [3.8, 4) is 0 Å². The van der Waals surface area contributed by atoms with E-state index in [0.29, 0.717) is 29.5 Å². The number of imidazole rings is 1. The lowest BCUT2D eigenvalue weighted by Gasteiger charge is -2.34. The van der Waals surface area contributed by atoms with Crippen LogP contribution in [0.5, 0.6) is 0 Å². The first-order valence-electron chi connectivity index (χ1n) is 14.9. The molecule has 2 aliphatic rings. The number of fused-ring (bicyclic) bond motifs is 1. The molecule has 2 fully saturated rings. The van der Waals surface area contributed by atoms with Gasteiger partial charge in [0.2, 0.25) is 5.95 Å². The average molecular weight is 569 g/mol. The molecule has 2 aliphatic heterocycles. The fourth-order valence-electron chi connectivity index (χ4n) is 5.59. The van der Waals surface area contributed by atoms with Crippen LogP contribution in [0.2, 0.25) is 0 Å².